The number of nitrogens with one attached hydrogen (secondary N) is 1. The summed E-state index contributed by atoms with van der Waals surface area (Å²) in [5.74, 6) is 0.0399. The first kappa shape index (κ1) is 12.4. The first-order valence-electron chi connectivity index (χ1n) is 4.60. The summed E-state index contributed by atoms with van der Waals surface area (Å²) in [6.07, 6.45) is 2.94. The molecule has 1 N–H and O–H groups in total. The lowest BCUT2D eigenvalue weighted by molar-refractivity contribution is 0.214. The zero-order chi connectivity index (χ0) is 10.7. The van der Waals surface area contributed by atoms with Crippen molar-refractivity contribution in [2.45, 2.75) is 24.8 Å². The molecule has 0 bridgehead atoms. The number of hydrogen-bond donors (Lipinski definition) is 1. The summed E-state index contributed by atoms with van der Waals surface area (Å²) in [7, 11) is -1.68. The highest BCUT2D eigenvalue weighted by Gasteiger charge is 2.39. The van der Waals surface area contributed by atoms with Gasteiger partial charge in [-0.05, 0) is 19.3 Å². The summed E-state index contributed by atoms with van der Waals surface area (Å²) in [5, 5.41) is 0.687. The maximum Gasteiger partial charge on any atom is 0.214 e. The van der Waals surface area contributed by atoms with Crippen LogP contribution in [0.25, 0.3) is 0 Å². The van der Waals surface area contributed by atoms with Gasteiger partial charge in [0.2, 0.25) is 10.0 Å². The molecule has 1 aliphatic carbocycles. The monoisotopic (exact) mass is 285 g/mol. The number of alkyl halides is 1. The van der Waals surface area contributed by atoms with Gasteiger partial charge in [0.15, 0.2) is 0 Å². The highest BCUT2D eigenvalue weighted by atomic mass is 79.9. The molecule has 0 aromatic heterocycles. The van der Waals surface area contributed by atoms with Gasteiger partial charge >= 0.3 is 0 Å². The second-order valence-corrected chi connectivity index (χ2v) is 6.08. The van der Waals surface area contributed by atoms with E-state index in [-0.39, 0.29) is 17.9 Å². The third-order valence-corrected chi connectivity index (χ3v) is 5.02. The molecule has 1 fully saturated rings. The minimum Gasteiger partial charge on any atom is -0.384 e. The summed E-state index contributed by atoms with van der Waals surface area (Å²) >= 11 is 3.35. The molecule has 0 aromatic carbocycles. The summed E-state index contributed by atoms with van der Waals surface area (Å²) in [4.78, 5) is 0. The zero-order valence-corrected chi connectivity index (χ0v) is 10.7. The number of ether oxygens (including phenoxy) is 1. The Morgan fingerprint density at radius 3 is 2.50 bits per heavy atom. The molecular formula is C8H16BrNO3S. The van der Waals surface area contributed by atoms with Crippen LogP contribution in [0, 0.1) is 0 Å². The second kappa shape index (κ2) is 4.92. The fourth-order valence-corrected chi connectivity index (χ4v) is 3.75. The molecule has 0 heterocycles. The second-order valence-electron chi connectivity index (χ2n) is 3.68. The molecule has 0 aromatic rings. The van der Waals surface area contributed by atoms with E-state index < -0.39 is 10.0 Å². The Morgan fingerprint density at radius 2 is 2.14 bits per heavy atom. The van der Waals surface area contributed by atoms with Gasteiger partial charge < -0.3 is 4.74 Å². The average Bonchev–Trinajstić information content (AvgIpc) is 2.08. The lowest BCUT2D eigenvalue weighted by atomic mass is 9.80. The maximum absolute atomic E-state index is 11.5. The van der Waals surface area contributed by atoms with Crippen LogP contribution in [0.4, 0.5) is 0 Å². The van der Waals surface area contributed by atoms with Crippen molar-refractivity contribution >= 4 is 26.0 Å². The quantitative estimate of drug-likeness (QED) is 0.737. The van der Waals surface area contributed by atoms with Gasteiger partial charge in [-0.15, -0.1) is 0 Å². The third-order valence-electron chi connectivity index (χ3n) is 2.49. The van der Waals surface area contributed by atoms with E-state index in [9.17, 15) is 8.42 Å². The topological polar surface area (TPSA) is 55.4 Å². The minimum atomic E-state index is -3.18. The molecule has 1 aliphatic rings. The van der Waals surface area contributed by atoms with Crippen LogP contribution in [0.15, 0.2) is 0 Å². The Hall–Kier alpha value is 0.350. The predicted molar refractivity (Wildman–Crippen MR) is 59.2 cm³/mol. The van der Waals surface area contributed by atoms with E-state index in [0.29, 0.717) is 5.33 Å². The smallest absolute Gasteiger partial charge is 0.214 e. The molecule has 1 rings (SSSR count). The molecule has 0 saturated heterocycles. The van der Waals surface area contributed by atoms with E-state index in [0.717, 1.165) is 19.3 Å². The third kappa shape index (κ3) is 3.18. The van der Waals surface area contributed by atoms with Crippen LogP contribution in [-0.4, -0.2) is 38.8 Å². The molecule has 1 saturated carbocycles. The van der Waals surface area contributed by atoms with E-state index in [1.807, 2.05) is 0 Å². The van der Waals surface area contributed by atoms with Gasteiger partial charge in [0, 0.05) is 18.0 Å². The molecule has 0 aliphatic heterocycles. The molecule has 0 radical (unpaired) electrons. The van der Waals surface area contributed by atoms with Crippen LogP contribution in [0.2, 0.25) is 0 Å². The average molecular weight is 286 g/mol. The van der Waals surface area contributed by atoms with Gasteiger partial charge in [-0.2, -0.15) is 0 Å². The Kier molecular flexibility index (Phi) is 4.36. The largest absolute Gasteiger partial charge is 0.384 e. The summed E-state index contributed by atoms with van der Waals surface area (Å²) in [5.41, 5.74) is -0.230. The van der Waals surface area contributed by atoms with Gasteiger partial charge in [0.25, 0.3) is 0 Å². The lowest BCUT2D eigenvalue weighted by Crippen LogP contribution is -2.55. The van der Waals surface area contributed by atoms with Crippen molar-refractivity contribution < 1.29 is 13.2 Å². The van der Waals surface area contributed by atoms with Crippen molar-refractivity contribution in [3.8, 4) is 0 Å². The number of rotatable bonds is 6. The summed E-state index contributed by atoms with van der Waals surface area (Å²) in [6, 6.07) is 0. The van der Waals surface area contributed by atoms with Crippen molar-refractivity contribution in [3.63, 3.8) is 0 Å². The molecule has 0 spiro atoms. The standard InChI is InChI=1S/C8H16BrNO3S/c1-13-5-6-14(11,12)10-8(7-9)3-2-4-8/h10H,2-7H2,1H3. The highest BCUT2D eigenvalue weighted by molar-refractivity contribution is 9.09. The lowest BCUT2D eigenvalue weighted by Gasteiger charge is -2.40. The SMILES string of the molecule is COCCS(=O)(=O)NC1(CBr)CCC1. The molecule has 14 heavy (non-hydrogen) atoms. The normalized spacial score (nSPS) is 20.4. The van der Waals surface area contributed by atoms with Crippen LogP contribution < -0.4 is 4.72 Å². The Bertz CT molecular complexity index is 269. The van der Waals surface area contributed by atoms with Gasteiger partial charge in [-0.25, -0.2) is 13.1 Å². The molecule has 6 heteroatoms. The first-order chi connectivity index (χ1) is 6.54. The van der Waals surface area contributed by atoms with Gasteiger partial charge in [-0.1, -0.05) is 15.9 Å². The number of halogens is 1. The number of hydrogen-bond acceptors (Lipinski definition) is 3. The molecule has 4 nitrogen and oxygen atoms in total. The fraction of sp³-hybridized carbons (Fsp3) is 1.00. The molecule has 0 amide bonds. The zero-order valence-electron chi connectivity index (χ0n) is 8.25. The van der Waals surface area contributed by atoms with Crippen molar-refractivity contribution in [1.29, 1.82) is 0 Å². The summed E-state index contributed by atoms with van der Waals surface area (Å²) in [6.45, 7) is 0.244. The van der Waals surface area contributed by atoms with Crippen molar-refractivity contribution in [2.75, 3.05) is 24.8 Å². The van der Waals surface area contributed by atoms with E-state index in [2.05, 4.69) is 20.7 Å². The van der Waals surface area contributed by atoms with E-state index in [4.69, 9.17) is 4.74 Å². The minimum absolute atomic E-state index is 0.0399. The molecule has 84 valence electrons. The fourth-order valence-electron chi connectivity index (χ4n) is 1.44. The Labute approximate surface area is 93.6 Å². The Morgan fingerprint density at radius 1 is 1.50 bits per heavy atom. The Balaban J connectivity index is 2.49. The van der Waals surface area contributed by atoms with Crippen LogP contribution in [0.3, 0.4) is 0 Å². The van der Waals surface area contributed by atoms with Crippen LogP contribution in [0.1, 0.15) is 19.3 Å². The van der Waals surface area contributed by atoms with E-state index >= 15 is 0 Å². The molecule has 0 atom stereocenters. The number of sulfonamides is 1. The van der Waals surface area contributed by atoms with Crippen LogP contribution >= 0.6 is 15.9 Å². The van der Waals surface area contributed by atoms with Gasteiger partial charge in [0.1, 0.15) is 0 Å². The first-order valence-corrected chi connectivity index (χ1v) is 7.37. The predicted octanol–water partition coefficient (Wildman–Crippen LogP) is 0.870. The van der Waals surface area contributed by atoms with E-state index in [1.165, 1.54) is 7.11 Å². The van der Waals surface area contributed by atoms with Crippen molar-refractivity contribution in [3.05, 3.63) is 0 Å². The van der Waals surface area contributed by atoms with Crippen molar-refractivity contribution in [1.82, 2.24) is 4.72 Å². The maximum atomic E-state index is 11.5. The van der Waals surface area contributed by atoms with Gasteiger partial charge in [-0.3, -0.25) is 0 Å². The van der Waals surface area contributed by atoms with Crippen LogP contribution in [0.5, 0.6) is 0 Å². The summed E-state index contributed by atoms with van der Waals surface area (Å²) < 4.78 is 30.6. The van der Waals surface area contributed by atoms with Gasteiger partial charge in [0.05, 0.1) is 12.4 Å². The number of methoxy groups -OCH3 is 1. The molecular weight excluding hydrogens is 270 g/mol. The van der Waals surface area contributed by atoms with E-state index in [1.54, 1.807) is 0 Å². The van der Waals surface area contributed by atoms with Crippen molar-refractivity contribution in [2.24, 2.45) is 0 Å². The highest BCUT2D eigenvalue weighted by Crippen LogP contribution is 2.33. The molecule has 0 unspecified atom stereocenters. The van der Waals surface area contributed by atoms with Crippen LogP contribution in [-0.2, 0) is 14.8 Å².